The molecule has 1 aliphatic rings. The van der Waals surface area contributed by atoms with Crippen LogP contribution in [-0.2, 0) is 11.2 Å². The van der Waals surface area contributed by atoms with E-state index < -0.39 is 5.97 Å². The molecule has 2 aromatic heterocycles. The summed E-state index contributed by atoms with van der Waals surface area (Å²) in [5.41, 5.74) is 2.48. The highest BCUT2D eigenvalue weighted by Gasteiger charge is 2.24. The highest BCUT2D eigenvalue weighted by molar-refractivity contribution is 7.14. The van der Waals surface area contributed by atoms with Gasteiger partial charge in [-0.2, -0.15) is 0 Å². The fourth-order valence-corrected chi connectivity index (χ4v) is 5.44. The summed E-state index contributed by atoms with van der Waals surface area (Å²) < 4.78 is 0. The second-order valence-electron chi connectivity index (χ2n) is 7.76. The minimum absolute atomic E-state index is 0.0189. The van der Waals surface area contributed by atoms with Gasteiger partial charge in [-0.3, -0.25) is 4.79 Å². The first-order valence-electron chi connectivity index (χ1n) is 9.86. The number of carboxylic acid groups (broad SMARTS) is 1. The van der Waals surface area contributed by atoms with Crippen LogP contribution in [0.25, 0.3) is 0 Å². The van der Waals surface area contributed by atoms with E-state index in [2.05, 4.69) is 34.8 Å². The largest absolute Gasteiger partial charge is 0.477 e. The number of hydrogen-bond donors (Lipinski definition) is 2. The molecule has 1 saturated heterocycles. The van der Waals surface area contributed by atoms with Crippen molar-refractivity contribution in [2.75, 3.05) is 18.0 Å². The van der Waals surface area contributed by atoms with Gasteiger partial charge in [0, 0.05) is 28.9 Å². The van der Waals surface area contributed by atoms with E-state index in [4.69, 9.17) is 5.11 Å². The van der Waals surface area contributed by atoms with Gasteiger partial charge in [0.2, 0.25) is 5.91 Å². The fourth-order valence-electron chi connectivity index (χ4n) is 3.68. The number of aromatic carboxylic acids is 1. The summed E-state index contributed by atoms with van der Waals surface area (Å²) >= 11 is 2.86. The molecule has 28 heavy (non-hydrogen) atoms. The zero-order valence-corrected chi connectivity index (χ0v) is 18.1. The lowest BCUT2D eigenvalue weighted by Crippen LogP contribution is -2.34. The number of nitrogens with one attached hydrogen (secondary N) is 1. The Morgan fingerprint density at radius 3 is 2.57 bits per heavy atom. The molecule has 0 bridgehead atoms. The van der Waals surface area contributed by atoms with Gasteiger partial charge >= 0.3 is 5.97 Å². The number of piperidine rings is 1. The fraction of sp³-hybridized carbons (Fsp3) is 0.524. The Hall–Kier alpha value is -1.86. The first-order chi connectivity index (χ1) is 13.4. The van der Waals surface area contributed by atoms with E-state index in [9.17, 15) is 9.59 Å². The molecule has 2 N–H and O–H groups in total. The van der Waals surface area contributed by atoms with E-state index in [1.54, 1.807) is 23.5 Å². The third-order valence-corrected chi connectivity index (χ3v) is 6.81. The second-order valence-corrected chi connectivity index (χ2v) is 9.67. The van der Waals surface area contributed by atoms with Crippen LogP contribution in [0.2, 0.25) is 0 Å². The Kier molecular flexibility index (Phi) is 7.13. The molecule has 0 saturated carbocycles. The topological polar surface area (TPSA) is 69.6 Å². The molecule has 0 aliphatic carbocycles. The molecule has 1 unspecified atom stereocenters. The minimum Gasteiger partial charge on any atom is -0.477 e. The molecule has 0 aromatic carbocycles. The van der Waals surface area contributed by atoms with Crippen LogP contribution in [-0.4, -0.2) is 30.1 Å². The molecule has 3 heterocycles. The summed E-state index contributed by atoms with van der Waals surface area (Å²) in [7, 11) is 0. The average molecular weight is 421 g/mol. The van der Waals surface area contributed by atoms with Crippen LogP contribution < -0.4 is 10.2 Å². The molecule has 5 nitrogen and oxygen atoms in total. The number of carbonyl (C=O) groups excluding carboxylic acids is 1. The van der Waals surface area contributed by atoms with E-state index in [0.29, 0.717) is 5.92 Å². The minimum atomic E-state index is -0.946. The van der Waals surface area contributed by atoms with Crippen LogP contribution in [0.3, 0.4) is 0 Å². The van der Waals surface area contributed by atoms with Crippen LogP contribution in [0.4, 0.5) is 5.69 Å². The van der Waals surface area contributed by atoms with E-state index in [1.165, 1.54) is 41.9 Å². The number of hydrogen-bond acceptors (Lipinski definition) is 5. The van der Waals surface area contributed by atoms with E-state index >= 15 is 0 Å². The Bertz CT molecular complexity index is 806. The van der Waals surface area contributed by atoms with Crippen molar-refractivity contribution in [3.63, 3.8) is 0 Å². The number of thiophene rings is 2. The van der Waals surface area contributed by atoms with Gasteiger partial charge in [0.15, 0.2) is 0 Å². The van der Waals surface area contributed by atoms with Crippen molar-refractivity contribution in [1.82, 2.24) is 5.32 Å². The molecule has 2 aromatic rings. The van der Waals surface area contributed by atoms with Crippen molar-refractivity contribution in [2.45, 2.75) is 52.0 Å². The van der Waals surface area contributed by atoms with Gasteiger partial charge in [0.1, 0.15) is 4.88 Å². The first kappa shape index (κ1) is 20.9. The predicted octanol–water partition coefficient (Wildman–Crippen LogP) is 4.94. The maximum absolute atomic E-state index is 12.7. The van der Waals surface area contributed by atoms with E-state index in [1.807, 2.05) is 0 Å². The van der Waals surface area contributed by atoms with Crippen LogP contribution in [0.1, 0.15) is 65.7 Å². The lowest BCUT2D eigenvalue weighted by atomic mass is 9.97. The van der Waals surface area contributed by atoms with Gasteiger partial charge in [0.05, 0.1) is 18.2 Å². The molecule has 0 spiro atoms. The molecule has 3 rings (SSSR count). The molecule has 1 fully saturated rings. The zero-order chi connectivity index (χ0) is 20.1. The Labute approximate surface area is 174 Å². The van der Waals surface area contributed by atoms with Gasteiger partial charge in [0.25, 0.3) is 0 Å². The van der Waals surface area contributed by atoms with Gasteiger partial charge in [-0.25, -0.2) is 4.79 Å². The number of amides is 1. The van der Waals surface area contributed by atoms with Crippen molar-refractivity contribution >= 4 is 40.2 Å². The summed E-state index contributed by atoms with van der Waals surface area (Å²) in [5.74, 6) is -0.543. The summed E-state index contributed by atoms with van der Waals surface area (Å²) in [5, 5.41) is 16.7. The molecule has 1 atom stereocenters. The smallest absolute Gasteiger partial charge is 0.345 e. The SMILES string of the molecule is CC(C)CC(NC(=O)Cc1ccc(C(=O)O)s1)c1cscc1N1CCCCC1. The first-order valence-corrected chi connectivity index (χ1v) is 11.6. The quantitative estimate of drug-likeness (QED) is 0.634. The maximum atomic E-state index is 12.7. The number of carbonyl (C=O) groups is 2. The van der Waals surface area contributed by atoms with Crippen molar-refractivity contribution in [1.29, 1.82) is 0 Å². The van der Waals surface area contributed by atoms with Gasteiger partial charge in [-0.05, 0) is 49.1 Å². The third-order valence-electron chi connectivity index (χ3n) is 4.99. The molecular formula is C21H28N2O3S2. The summed E-state index contributed by atoms with van der Waals surface area (Å²) in [6.07, 6.45) is 4.84. The van der Waals surface area contributed by atoms with Crippen molar-refractivity contribution < 1.29 is 14.7 Å². The molecule has 0 radical (unpaired) electrons. The van der Waals surface area contributed by atoms with Crippen molar-refractivity contribution in [3.05, 3.63) is 38.2 Å². The summed E-state index contributed by atoms with van der Waals surface area (Å²) in [6.45, 7) is 6.51. The lowest BCUT2D eigenvalue weighted by molar-refractivity contribution is -0.121. The molecule has 152 valence electrons. The Morgan fingerprint density at radius 2 is 1.93 bits per heavy atom. The number of nitrogens with zero attached hydrogens (tertiary/aromatic N) is 1. The van der Waals surface area contributed by atoms with Crippen molar-refractivity contribution in [2.24, 2.45) is 5.92 Å². The predicted molar refractivity (Wildman–Crippen MR) is 116 cm³/mol. The highest BCUT2D eigenvalue weighted by Crippen LogP contribution is 2.35. The summed E-state index contributed by atoms with van der Waals surface area (Å²) in [4.78, 5) is 27.3. The van der Waals surface area contributed by atoms with Gasteiger partial charge in [-0.15, -0.1) is 22.7 Å². The van der Waals surface area contributed by atoms with Crippen LogP contribution >= 0.6 is 22.7 Å². The normalized spacial score (nSPS) is 15.6. The zero-order valence-electron chi connectivity index (χ0n) is 16.4. The third kappa shape index (κ3) is 5.35. The van der Waals surface area contributed by atoms with Crippen molar-refractivity contribution in [3.8, 4) is 0 Å². The molecular weight excluding hydrogens is 392 g/mol. The number of rotatable bonds is 8. The monoisotopic (exact) mass is 420 g/mol. The van der Waals surface area contributed by atoms with Crippen LogP contribution in [0.5, 0.6) is 0 Å². The van der Waals surface area contributed by atoms with E-state index in [0.717, 1.165) is 24.4 Å². The van der Waals surface area contributed by atoms with E-state index in [-0.39, 0.29) is 23.2 Å². The molecule has 7 heteroatoms. The second kappa shape index (κ2) is 9.56. The van der Waals surface area contributed by atoms with Gasteiger partial charge in [-0.1, -0.05) is 13.8 Å². The number of anilines is 1. The van der Waals surface area contributed by atoms with Crippen LogP contribution in [0.15, 0.2) is 22.9 Å². The standard InChI is InChI=1S/C21H28N2O3S2/c1-14(2)10-17(16-12-27-13-18(16)23-8-4-3-5-9-23)22-20(24)11-15-6-7-19(28-15)21(25)26/h6-7,12-14,17H,3-5,8-11H2,1-2H3,(H,22,24)(H,25,26). The summed E-state index contributed by atoms with van der Waals surface area (Å²) in [6, 6.07) is 3.28. The highest BCUT2D eigenvalue weighted by atomic mass is 32.1. The molecule has 1 aliphatic heterocycles. The maximum Gasteiger partial charge on any atom is 0.345 e. The molecule has 1 amide bonds. The Morgan fingerprint density at radius 1 is 1.18 bits per heavy atom. The van der Waals surface area contributed by atoms with Gasteiger partial charge < -0.3 is 15.3 Å². The average Bonchev–Trinajstić information content (AvgIpc) is 3.31. The Balaban J connectivity index is 1.72. The lowest BCUT2D eigenvalue weighted by Gasteiger charge is -2.31. The van der Waals surface area contributed by atoms with Crippen LogP contribution in [0, 0.1) is 5.92 Å². The number of carboxylic acids is 1.